The number of hydrogen-bond donors (Lipinski definition) is 7. The molecular formula is C20H27F3O12. The Hall–Kier alpha value is -1.63. The number of alkyl halides is 3. The zero-order valence-corrected chi connectivity index (χ0v) is 18.0. The standard InChI is InChI=1S/C20H27F3O12/c21-20(22,23)35-9-3-1-8(2-4-9)7-31-16-10(5-24)33-19(15(29)13(16)27)34-17-11(6-25)32-18(30)14(28)12(17)26/h1-4,10-19,24-30H,5-7H2/t10-,11-,12-,13-,14-,15-,16-,17-,18+,19-/m1/s1. The first kappa shape index (κ1) is 27.9. The van der Waals surface area contributed by atoms with Gasteiger partial charge in [-0.3, -0.25) is 0 Å². The molecule has 0 amide bonds. The molecule has 2 aliphatic heterocycles. The fraction of sp³-hybridized carbons (Fsp3) is 0.700. The van der Waals surface area contributed by atoms with Gasteiger partial charge < -0.3 is 59.4 Å². The van der Waals surface area contributed by atoms with Crippen LogP contribution in [0.2, 0.25) is 0 Å². The monoisotopic (exact) mass is 516 g/mol. The molecule has 3 rings (SSSR count). The Morgan fingerprint density at radius 3 is 1.91 bits per heavy atom. The third-order valence-electron chi connectivity index (χ3n) is 5.55. The minimum absolute atomic E-state index is 0.238. The van der Waals surface area contributed by atoms with Crippen LogP contribution in [0, 0.1) is 0 Å². The van der Waals surface area contributed by atoms with Crippen LogP contribution in [-0.2, 0) is 25.6 Å². The molecule has 7 N–H and O–H groups in total. The van der Waals surface area contributed by atoms with Crippen molar-refractivity contribution >= 4 is 0 Å². The second-order valence-electron chi connectivity index (χ2n) is 8.00. The van der Waals surface area contributed by atoms with E-state index in [4.69, 9.17) is 18.9 Å². The number of rotatable bonds is 8. The van der Waals surface area contributed by atoms with Crippen molar-refractivity contribution in [2.24, 2.45) is 0 Å². The van der Waals surface area contributed by atoms with Gasteiger partial charge in [0, 0.05) is 0 Å². The van der Waals surface area contributed by atoms with Crippen molar-refractivity contribution in [2.45, 2.75) is 74.4 Å². The normalized spacial score (nSPS) is 38.3. The van der Waals surface area contributed by atoms with Gasteiger partial charge in [-0.25, -0.2) is 0 Å². The van der Waals surface area contributed by atoms with Crippen molar-refractivity contribution in [3.63, 3.8) is 0 Å². The third kappa shape index (κ3) is 6.78. The second-order valence-corrected chi connectivity index (χ2v) is 8.00. The Morgan fingerprint density at radius 1 is 0.771 bits per heavy atom. The molecule has 0 saturated carbocycles. The largest absolute Gasteiger partial charge is 0.573 e. The molecule has 2 aliphatic rings. The predicted molar refractivity (Wildman–Crippen MR) is 104 cm³/mol. The summed E-state index contributed by atoms with van der Waals surface area (Å²) in [5.74, 6) is -0.446. The molecule has 2 fully saturated rings. The maximum atomic E-state index is 12.3. The van der Waals surface area contributed by atoms with Crippen LogP contribution in [0.25, 0.3) is 0 Å². The van der Waals surface area contributed by atoms with Gasteiger partial charge in [0.15, 0.2) is 12.6 Å². The SMILES string of the molecule is OC[C@H]1O[C@H](O)[C@H](O)[C@@H](O)[C@@H]1O[C@H]1O[C@H](CO)[C@@H](OCc2ccc(OC(F)(F)F)cc2)[C@H](O)[C@H]1O. The van der Waals surface area contributed by atoms with Gasteiger partial charge in [-0.1, -0.05) is 12.1 Å². The van der Waals surface area contributed by atoms with Gasteiger partial charge in [0.1, 0.15) is 54.6 Å². The predicted octanol–water partition coefficient (Wildman–Crippen LogP) is -2.27. The highest BCUT2D eigenvalue weighted by Crippen LogP contribution is 2.30. The van der Waals surface area contributed by atoms with Gasteiger partial charge in [0.2, 0.25) is 0 Å². The van der Waals surface area contributed by atoms with E-state index in [9.17, 15) is 48.9 Å². The Kier molecular flexibility index (Phi) is 9.27. The number of hydrogen-bond acceptors (Lipinski definition) is 12. The van der Waals surface area contributed by atoms with Crippen LogP contribution < -0.4 is 4.74 Å². The maximum absolute atomic E-state index is 12.3. The lowest BCUT2D eigenvalue weighted by molar-refractivity contribution is -0.358. The number of ether oxygens (including phenoxy) is 5. The van der Waals surface area contributed by atoms with Crippen molar-refractivity contribution in [2.75, 3.05) is 13.2 Å². The van der Waals surface area contributed by atoms with E-state index in [1.54, 1.807) is 0 Å². The molecule has 35 heavy (non-hydrogen) atoms. The van der Waals surface area contributed by atoms with Crippen LogP contribution >= 0.6 is 0 Å². The highest BCUT2D eigenvalue weighted by molar-refractivity contribution is 5.27. The Labute approximate surface area is 196 Å². The summed E-state index contributed by atoms with van der Waals surface area (Å²) in [6.45, 7) is -1.68. The van der Waals surface area contributed by atoms with E-state index >= 15 is 0 Å². The van der Waals surface area contributed by atoms with Crippen molar-refractivity contribution in [3.05, 3.63) is 29.8 Å². The van der Waals surface area contributed by atoms with Crippen LogP contribution in [0.3, 0.4) is 0 Å². The van der Waals surface area contributed by atoms with Crippen LogP contribution in [0.1, 0.15) is 5.56 Å². The summed E-state index contributed by atoms with van der Waals surface area (Å²) in [6.07, 6.45) is -20.7. The molecule has 200 valence electrons. The van der Waals surface area contributed by atoms with Gasteiger partial charge in [0.25, 0.3) is 0 Å². The minimum Gasteiger partial charge on any atom is -0.406 e. The third-order valence-corrected chi connectivity index (χ3v) is 5.55. The van der Waals surface area contributed by atoms with Crippen LogP contribution in [0.4, 0.5) is 13.2 Å². The first-order chi connectivity index (χ1) is 16.4. The summed E-state index contributed by atoms with van der Waals surface area (Å²) in [5, 5.41) is 69.7. The fourth-order valence-electron chi connectivity index (χ4n) is 3.74. The van der Waals surface area contributed by atoms with Crippen LogP contribution in [0.15, 0.2) is 24.3 Å². The first-order valence-electron chi connectivity index (χ1n) is 10.5. The molecule has 2 saturated heterocycles. The van der Waals surface area contributed by atoms with Gasteiger partial charge in [0.05, 0.1) is 19.8 Å². The lowest BCUT2D eigenvalue weighted by atomic mass is 9.97. The van der Waals surface area contributed by atoms with Crippen molar-refractivity contribution in [3.8, 4) is 5.75 Å². The molecule has 0 aliphatic carbocycles. The molecule has 0 unspecified atom stereocenters. The molecule has 2 heterocycles. The first-order valence-corrected chi connectivity index (χ1v) is 10.5. The fourth-order valence-corrected chi connectivity index (χ4v) is 3.74. The lowest BCUT2D eigenvalue weighted by Crippen LogP contribution is -2.64. The van der Waals surface area contributed by atoms with E-state index in [0.29, 0.717) is 5.56 Å². The molecule has 0 aromatic heterocycles. The van der Waals surface area contributed by atoms with Gasteiger partial charge >= 0.3 is 6.36 Å². The average molecular weight is 516 g/mol. The molecular weight excluding hydrogens is 489 g/mol. The van der Waals surface area contributed by atoms with E-state index in [1.807, 2.05) is 0 Å². The lowest BCUT2D eigenvalue weighted by Gasteiger charge is -2.46. The highest BCUT2D eigenvalue weighted by Gasteiger charge is 2.50. The zero-order chi connectivity index (χ0) is 25.9. The summed E-state index contributed by atoms with van der Waals surface area (Å²) in [7, 11) is 0. The summed E-state index contributed by atoms with van der Waals surface area (Å²) >= 11 is 0. The van der Waals surface area contributed by atoms with Gasteiger partial charge in [-0.2, -0.15) is 0 Å². The molecule has 0 spiro atoms. The number of benzene rings is 1. The molecule has 0 radical (unpaired) electrons. The van der Waals surface area contributed by atoms with Crippen molar-refractivity contribution < 1.29 is 72.6 Å². The molecule has 10 atom stereocenters. The van der Waals surface area contributed by atoms with Gasteiger partial charge in [-0.15, -0.1) is 13.2 Å². The Morgan fingerprint density at radius 2 is 1.34 bits per heavy atom. The quantitative estimate of drug-likeness (QED) is 0.197. The minimum atomic E-state index is -4.85. The molecule has 1 aromatic rings. The number of aliphatic hydroxyl groups excluding tert-OH is 7. The summed E-state index contributed by atoms with van der Waals surface area (Å²) in [6, 6.07) is 4.69. The molecule has 15 heteroatoms. The van der Waals surface area contributed by atoms with E-state index in [2.05, 4.69) is 4.74 Å². The van der Waals surface area contributed by atoms with E-state index in [1.165, 1.54) is 12.1 Å². The second kappa shape index (κ2) is 11.6. The summed E-state index contributed by atoms with van der Waals surface area (Å²) < 4.78 is 62.0. The van der Waals surface area contributed by atoms with Crippen molar-refractivity contribution in [1.29, 1.82) is 0 Å². The Bertz CT molecular complexity index is 793. The Balaban J connectivity index is 1.63. The van der Waals surface area contributed by atoms with E-state index in [-0.39, 0.29) is 6.61 Å². The molecule has 0 bridgehead atoms. The van der Waals surface area contributed by atoms with Crippen LogP contribution in [0.5, 0.6) is 5.75 Å². The topological polar surface area (TPSA) is 188 Å². The van der Waals surface area contributed by atoms with Gasteiger partial charge in [-0.05, 0) is 17.7 Å². The molecule has 1 aromatic carbocycles. The van der Waals surface area contributed by atoms with E-state index < -0.39 is 86.7 Å². The number of halogens is 3. The molecule has 12 nitrogen and oxygen atoms in total. The summed E-state index contributed by atoms with van der Waals surface area (Å²) in [4.78, 5) is 0. The zero-order valence-electron chi connectivity index (χ0n) is 18.0. The highest BCUT2D eigenvalue weighted by atomic mass is 19.4. The average Bonchev–Trinajstić information content (AvgIpc) is 2.81. The number of aliphatic hydroxyl groups is 7. The van der Waals surface area contributed by atoms with Crippen molar-refractivity contribution in [1.82, 2.24) is 0 Å². The van der Waals surface area contributed by atoms with Crippen LogP contribution in [-0.4, -0.2) is 117 Å². The maximum Gasteiger partial charge on any atom is 0.573 e. The van der Waals surface area contributed by atoms with E-state index in [0.717, 1.165) is 12.1 Å². The smallest absolute Gasteiger partial charge is 0.406 e. The summed E-state index contributed by atoms with van der Waals surface area (Å²) in [5.41, 5.74) is 0.386.